The first-order valence-electron chi connectivity index (χ1n) is 7.03. The van der Waals surface area contributed by atoms with Gasteiger partial charge in [0.25, 0.3) is 5.91 Å². The molecule has 0 radical (unpaired) electrons. The van der Waals surface area contributed by atoms with Crippen LogP contribution in [-0.4, -0.2) is 18.4 Å². The van der Waals surface area contributed by atoms with E-state index in [1.165, 1.54) is 24.3 Å². The van der Waals surface area contributed by atoms with Gasteiger partial charge in [0.05, 0.1) is 17.3 Å². The van der Waals surface area contributed by atoms with Crippen molar-refractivity contribution in [2.45, 2.75) is 6.92 Å². The van der Waals surface area contributed by atoms with E-state index in [1.54, 1.807) is 30.0 Å². The van der Waals surface area contributed by atoms with Gasteiger partial charge < -0.3 is 10.2 Å². The lowest BCUT2D eigenvalue weighted by atomic mass is 10.1. The number of amides is 2. The molecule has 0 saturated heterocycles. The molecule has 4 nitrogen and oxygen atoms in total. The summed E-state index contributed by atoms with van der Waals surface area (Å²) in [5.41, 5.74) is 1.64. The molecule has 3 rings (SSSR count). The van der Waals surface area contributed by atoms with Crippen molar-refractivity contribution in [1.82, 2.24) is 0 Å². The quantitative estimate of drug-likeness (QED) is 0.879. The van der Waals surface area contributed by atoms with E-state index in [2.05, 4.69) is 5.32 Å². The molecule has 1 atom stereocenters. The standard InChI is InChI=1S/C17H15FN2O2/c1-11-10-20(17(22)12-6-8-13(18)9-7-12)15-5-3-2-4-14(15)19-16(11)21/h2-9,11H,10H2,1H3,(H,19,21)/t11-/m1/s1. The van der Waals surface area contributed by atoms with Crippen molar-refractivity contribution in [3.05, 3.63) is 59.9 Å². The van der Waals surface area contributed by atoms with Crippen molar-refractivity contribution in [2.75, 3.05) is 16.8 Å². The number of hydrogen-bond acceptors (Lipinski definition) is 2. The second kappa shape index (κ2) is 5.60. The molecule has 112 valence electrons. The molecule has 22 heavy (non-hydrogen) atoms. The number of nitrogens with one attached hydrogen (secondary N) is 1. The lowest BCUT2D eigenvalue weighted by Gasteiger charge is -2.23. The van der Waals surface area contributed by atoms with Crippen LogP contribution in [0, 0.1) is 11.7 Å². The fourth-order valence-electron chi connectivity index (χ4n) is 2.47. The first kappa shape index (κ1) is 14.3. The van der Waals surface area contributed by atoms with E-state index >= 15 is 0 Å². The smallest absolute Gasteiger partial charge is 0.258 e. The summed E-state index contributed by atoms with van der Waals surface area (Å²) in [6, 6.07) is 12.6. The minimum atomic E-state index is -0.391. The molecule has 1 N–H and O–H groups in total. The van der Waals surface area contributed by atoms with Gasteiger partial charge in [0.2, 0.25) is 5.91 Å². The molecule has 2 amide bonds. The van der Waals surface area contributed by atoms with Gasteiger partial charge in [0.1, 0.15) is 5.82 Å². The predicted octanol–water partition coefficient (Wildman–Crippen LogP) is 3.06. The van der Waals surface area contributed by atoms with Gasteiger partial charge in [-0.05, 0) is 36.4 Å². The summed E-state index contributed by atoms with van der Waals surface area (Å²) in [7, 11) is 0. The summed E-state index contributed by atoms with van der Waals surface area (Å²) in [5, 5.41) is 2.82. The van der Waals surface area contributed by atoms with E-state index in [4.69, 9.17) is 0 Å². The molecule has 0 aromatic heterocycles. The number of hydrogen-bond donors (Lipinski definition) is 1. The maximum atomic E-state index is 13.0. The number of nitrogens with zero attached hydrogens (tertiary/aromatic N) is 1. The zero-order valence-electron chi connectivity index (χ0n) is 12.0. The number of para-hydroxylation sites is 2. The van der Waals surface area contributed by atoms with Crippen LogP contribution in [0.15, 0.2) is 48.5 Å². The third kappa shape index (κ3) is 2.57. The van der Waals surface area contributed by atoms with Crippen LogP contribution in [-0.2, 0) is 4.79 Å². The van der Waals surface area contributed by atoms with Gasteiger partial charge in [-0.15, -0.1) is 0 Å². The summed E-state index contributed by atoms with van der Waals surface area (Å²) in [5.74, 6) is -1.10. The maximum Gasteiger partial charge on any atom is 0.258 e. The van der Waals surface area contributed by atoms with Crippen LogP contribution in [0.2, 0.25) is 0 Å². The van der Waals surface area contributed by atoms with Crippen molar-refractivity contribution in [1.29, 1.82) is 0 Å². The number of carbonyl (C=O) groups is 2. The Bertz CT molecular complexity index is 728. The third-order valence-corrected chi connectivity index (χ3v) is 3.69. The van der Waals surface area contributed by atoms with Crippen LogP contribution in [0.4, 0.5) is 15.8 Å². The Morgan fingerprint density at radius 1 is 1.18 bits per heavy atom. The van der Waals surface area contributed by atoms with Gasteiger partial charge in [-0.1, -0.05) is 19.1 Å². The Balaban J connectivity index is 2.02. The first-order chi connectivity index (χ1) is 10.6. The molecule has 0 fully saturated rings. The Kier molecular flexibility index (Phi) is 3.63. The van der Waals surface area contributed by atoms with Crippen molar-refractivity contribution in [2.24, 2.45) is 5.92 Å². The minimum absolute atomic E-state index is 0.123. The summed E-state index contributed by atoms with van der Waals surface area (Å²) < 4.78 is 13.0. The zero-order valence-corrected chi connectivity index (χ0v) is 12.0. The van der Waals surface area contributed by atoms with Gasteiger partial charge in [0, 0.05) is 12.1 Å². The maximum absolute atomic E-state index is 13.0. The number of halogens is 1. The molecule has 1 aliphatic heterocycles. The molecular formula is C17H15FN2O2. The largest absolute Gasteiger partial charge is 0.324 e. The molecular weight excluding hydrogens is 283 g/mol. The van der Waals surface area contributed by atoms with Gasteiger partial charge in [0.15, 0.2) is 0 Å². The highest BCUT2D eigenvalue weighted by atomic mass is 19.1. The monoisotopic (exact) mass is 298 g/mol. The SMILES string of the molecule is C[C@@H]1CN(C(=O)c2ccc(F)cc2)c2ccccc2NC1=O. The molecule has 0 saturated carbocycles. The second-order valence-corrected chi connectivity index (χ2v) is 5.33. The molecule has 1 heterocycles. The summed E-state index contributed by atoms with van der Waals surface area (Å²) >= 11 is 0. The molecule has 0 unspecified atom stereocenters. The van der Waals surface area contributed by atoms with E-state index in [9.17, 15) is 14.0 Å². The highest BCUT2D eigenvalue weighted by molar-refractivity contribution is 6.10. The highest BCUT2D eigenvalue weighted by Gasteiger charge is 2.28. The average molecular weight is 298 g/mol. The average Bonchev–Trinajstić information content (AvgIpc) is 2.65. The number of anilines is 2. The summed E-state index contributed by atoms with van der Waals surface area (Å²) in [6.07, 6.45) is 0. The first-order valence-corrected chi connectivity index (χ1v) is 7.03. The second-order valence-electron chi connectivity index (χ2n) is 5.33. The van der Waals surface area contributed by atoms with Crippen molar-refractivity contribution < 1.29 is 14.0 Å². The zero-order chi connectivity index (χ0) is 15.7. The lowest BCUT2D eigenvalue weighted by molar-refractivity contribution is -0.119. The number of fused-ring (bicyclic) bond motifs is 1. The Hall–Kier alpha value is -2.69. The van der Waals surface area contributed by atoms with E-state index in [1.807, 2.05) is 6.07 Å². The van der Waals surface area contributed by atoms with E-state index in [0.29, 0.717) is 16.9 Å². The lowest BCUT2D eigenvalue weighted by Crippen LogP contribution is -2.35. The molecule has 0 aliphatic carbocycles. The van der Waals surface area contributed by atoms with Crippen LogP contribution in [0.25, 0.3) is 0 Å². The van der Waals surface area contributed by atoms with Gasteiger partial charge in [-0.3, -0.25) is 9.59 Å². The predicted molar refractivity (Wildman–Crippen MR) is 82.3 cm³/mol. The number of carbonyl (C=O) groups excluding carboxylic acids is 2. The van der Waals surface area contributed by atoms with Crippen molar-refractivity contribution in [3.63, 3.8) is 0 Å². The highest BCUT2D eigenvalue weighted by Crippen LogP contribution is 2.31. The Morgan fingerprint density at radius 2 is 1.86 bits per heavy atom. The van der Waals surface area contributed by atoms with Crippen LogP contribution < -0.4 is 10.2 Å². The Labute approximate surface area is 127 Å². The normalized spacial score (nSPS) is 17.5. The summed E-state index contributed by atoms with van der Waals surface area (Å²) in [6.45, 7) is 2.05. The number of benzene rings is 2. The van der Waals surface area contributed by atoms with E-state index < -0.39 is 5.82 Å². The topological polar surface area (TPSA) is 49.4 Å². The molecule has 5 heteroatoms. The fraction of sp³-hybridized carbons (Fsp3) is 0.176. The van der Waals surface area contributed by atoms with Crippen molar-refractivity contribution in [3.8, 4) is 0 Å². The van der Waals surface area contributed by atoms with E-state index in [-0.39, 0.29) is 24.3 Å². The van der Waals surface area contributed by atoms with Crippen LogP contribution in [0.3, 0.4) is 0 Å². The van der Waals surface area contributed by atoms with Crippen LogP contribution in [0.1, 0.15) is 17.3 Å². The van der Waals surface area contributed by atoms with Crippen molar-refractivity contribution >= 4 is 23.2 Å². The molecule has 0 spiro atoms. The van der Waals surface area contributed by atoms with Gasteiger partial charge >= 0.3 is 0 Å². The molecule has 2 aromatic rings. The van der Waals surface area contributed by atoms with Gasteiger partial charge in [-0.2, -0.15) is 0 Å². The minimum Gasteiger partial charge on any atom is -0.324 e. The Morgan fingerprint density at radius 3 is 2.59 bits per heavy atom. The number of rotatable bonds is 1. The molecule has 2 aromatic carbocycles. The molecule has 0 bridgehead atoms. The summed E-state index contributed by atoms with van der Waals surface area (Å²) in [4.78, 5) is 26.3. The third-order valence-electron chi connectivity index (χ3n) is 3.69. The van der Waals surface area contributed by atoms with E-state index in [0.717, 1.165) is 0 Å². The fourth-order valence-corrected chi connectivity index (χ4v) is 2.47. The molecule has 1 aliphatic rings. The van der Waals surface area contributed by atoms with Crippen LogP contribution >= 0.6 is 0 Å². The van der Waals surface area contributed by atoms with Crippen LogP contribution in [0.5, 0.6) is 0 Å². The van der Waals surface area contributed by atoms with Gasteiger partial charge in [-0.25, -0.2) is 4.39 Å².